The van der Waals surface area contributed by atoms with Gasteiger partial charge in [-0.25, -0.2) is 4.98 Å². The van der Waals surface area contributed by atoms with E-state index in [4.69, 9.17) is 0 Å². The van der Waals surface area contributed by atoms with Crippen LogP contribution in [0, 0.1) is 0 Å². The Hall–Kier alpha value is -2.51. The number of carbonyl (C=O) groups excluding carboxylic acids is 2. The highest BCUT2D eigenvalue weighted by atomic mass is 32.1. The summed E-state index contributed by atoms with van der Waals surface area (Å²) in [5.74, 6) is -0.787. The van der Waals surface area contributed by atoms with Crippen molar-refractivity contribution in [3.8, 4) is 10.6 Å². The van der Waals surface area contributed by atoms with E-state index in [0.717, 1.165) is 10.6 Å². The summed E-state index contributed by atoms with van der Waals surface area (Å²) in [6, 6.07) is 13.1. The van der Waals surface area contributed by atoms with Gasteiger partial charge in [0.15, 0.2) is 0 Å². The lowest BCUT2D eigenvalue weighted by Crippen LogP contribution is -2.41. The van der Waals surface area contributed by atoms with E-state index in [1.54, 1.807) is 22.9 Å². The van der Waals surface area contributed by atoms with Gasteiger partial charge in [0.25, 0.3) is 11.8 Å². The summed E-state index contributed by atoms with van der Waals surface area (Å²) < 4.78 is 0. The van der Waals surface area contributed by atoms with E-state index >= 15 is 0 Å². The maximum Gasteiger partial charge on any atom is 0.289 e. The first-order valence-corrected chi connectivity index (χ1v) is 8.15. The highest BCUT2D eigenvalue weighted by Gasteiger charge is 2.13. The minimum atomic E-state index is -0.441. The van der Waals surface area contributed by atoms with E-state index in [2.05, 4.69) is 15.8 Å². The second-order valence-corrected chi connectivity index (χ2v) is 6.10. The summed E-state index contributed by atoms with van der Waals surface area (Å²) in [6.07, 6.45) is 0. The highest BCUT2D eigenvalue weighted by molar-refractivity contribution is 7.13. The molecule has 2 N–H and O–H groups in total. The smallest absolute Gasteiger partial charge is 0.266 e. The average Bonchev–Trinajstić information content (AvgIpc) is 3.24. The van der Waals surface area contributed by atoms with Gasteiger partial charge in [-0.1, -0.05) is 36.4 Å². The number of hydrazine groups is 1. The summed E-state index contributed by atoms with van der Waals surface area (Å²) in [4.78, 5) is 28.5. The maximum atomic E-state index is 12.0. The number of aromatic nitrogens is 1. The van der Waals surface area contributed by atoms with Gasteiger partial charge in [0.2, 0.25) is 0 Å². The van der Waals surface area contributed by atoms with Crippen LogP contribution in [0.4, 0.5) is 0 Å². The molecule has 22 heavy (non-hydrogen) atoms. The first-order chi connectivity index (χ1) is 10.7. The van der Waals surface area contributed by atoms with Gasteiger partial charge in [0.05, 0.1) is 4.88 Å². The van der Waals surface area contributed by atoms with Gasteiger partial charge in [0, 0.05) is 10.9 Å². The maximum absolute atomic E-state index is 12.0. The molecular formula is C15H11N3O2S2. The van der Waals surface area contributed by atoms with Gasteiger partial charge in [-0.15, -0.1) is 22.7 Å². The van der Waals surface area contributed by atoms with Gasteiger partial charge in [-0.05, 0) is 11.4 Å². The van der Waals surface area contributed by atoms with E-state index in [-0.39, 0.29) is 11.6 Å². The lowest BCUT2D eigenvalue weighted by molar-refractivity contribution is 0.0846. The fourth-order valence-corrected chi connectivity index (χ4v) is 3.16. The van der Waals surface area contributed by atoms with Gasteiger partial charge in [-0.3, -0.25) is 20.4 Å². The average molecular weight is 329 g/mol. The third kappa shape index (κ3) is 3.21. The van der Waals surface area contributed by atoms with Crippen LogP contribution in [-0.4, -0.2) is 16.8 Å². The molecule has 0 spiro atoms. The number of benzene rings is 1. The Kier molecular flexibility index (Phi) is 4.27. The van der Waals surface area contributed by atoms with Crippen LogP contribution in [0.25, 0.3) is 10.6 Å². The van der Waals surface area contributed by atoms with Crippen LogP contribution >= 0.6 is 22.7 Å². The Bertz CT molecular complexity index is 782. The second-order valence-electron chi connectivity index (χ2n) is 4.29. The Morgan fingerprint density at radius 1 is 0.909 bits per heavy atom. The van der Waals surface area contributed by atoms with Gasteiger partial charge in [0.1, 0.15) is 10.7 Å². The number of nitrogens with zero attached hydrogens (tertiary/aromatic N) is 1. The Balaban J connectivity index is 1.64. The fourth-order valence-electron chi connectivity index (χ4n) is 1.74. The Morgan fingerprint density at radius 2 is 1.68 bits per heavy atom. The third-order valence-electron chi connectivity index (χ3n) is 2.79. The molecule has 1 aromatic carbocycles. The standard InChI is InChI=1S/C15H11N3O2S2/c19-13(17-18-14(20)12-7-4-8-21-12)11-9-22-15(16-11)10-5-2-1-3-6-10/h1-9H,(H,17,19)(H,18,20). The zero-order valence-electron chi connectivity index (χ0n) is 11.3. The van der Waals surface area contributed by atoms with Gasteiger partial charge < -0.3 is 0 Å². The van der Waals surface area contributed by atoms with E-state index in [1.807, 2.05) is 30.3 Å². The molecule has 7 heteroatoms. The van der Waals surface area contributed by atoms with Crippen LogP contribution in [0.1, 0.15) is 20.2 Å². The van der Waals surface area contributed by atoms with Crippen LogP contribution in [0.2, 0.25) is 0 Å². The molecule has 0 saturated heterocycles. The molecule has 0 fully saturated rings. The molecule has 0 saturated carbocycles. The van der Waals surface area contributed by atoms with Crippen molar-refractivity contribution in [2.45, 2.75) is 0 Å². The van der Waals surface area contributed by atoms with E-state index in [9.17, 15) is 9.59 Å². The molecule has 2 heterocycles. The number of carbonyl (C=O) groups is 2. The topological polar surface area (TPSA) is 71.1 Å². The van der Waals surface area contributed by atoms with Crippen molar-refractivity contribution in [2.24, 2.45) is 0 Å². The van der Waals surface area contributed by atoms with Crippen molar-refractivity contribution in [1.29, 1.82) is 0 Å². The molecule has 0 aliphatic rings. The van der Waals surface area contributed by atoms with Crippen molar-refractivity contribution >= 4 is 34.5 Å². The molecular weight excluding hydrogens is 318 g/mol. The van der Waals surface area contributed by atoms with Crippen molar-refractivity contribution in [2.75, 3.05) is 0 Å². The quantitative estimate of drug-likeness (QED) is 0.726. The molecule has 2 amide bonds. The minimum Gasteiger partial charge on any atom is -0.266 e. The molecule has 0 bridgehead atoms. The van der Waals surface area contributed by atoms with Crippen LogP contribution < -0.4 is 10.9 Å². The number of nitrogens with one attached hydrogen (secondary N) is 2. The largest absolute Gasteiger partial charge is 0.289 e. The van der Waals surface area contributed by atoms with Crippen molar-refractivity contribution in [3.05, 3.63) is 63.8 Å². The van der Waals surface area contributed by atoms with Crippen LogP contribution in [0.15, 0.2) is 53.2 Å². The molecule has 110 valence electrons. The highest BCUT2D eigenvalue weighted by Crippen LogP contribution is 2.23. The summed E-state index contributed by atoms with van der Waals surface area (Å²) in [5, 5.41) is 4.22. The molecule has 0 aliphatic carbocycles. The lowest BCUT2D eigenvalue weighted by atomic mass is 10.2. The van der Waals surface area contributed by atoms with E-state index in [1.165, 1.54) is 22.7 Å². The molecule has 0 atom stereocenters. The molecule has 0 unspecified atom stereocenters. The number of thiazole rings is 1. The zero-order valence-corrected chi connectivity index (χ0v) is 12.9. The Labute approximate surface area is 134 Å². The third-order valence-corrected chi connectivity index (χ3v) is 4.55. The zero-order chi connectivity index (χ0) is 15.4. The number of hydrogen-bond acceptors (Lipinski definition) is 5. The number of amides is 2. The van der Waals surface area contributed by atoms with Crippen molar-refractivity contribution in [1.82, 2.24) is 15.8 Å². The van der Waals surface area contributed by atoms with E-state index in [0.29, 0.717) is 4.88 Å². The normalized spacial score (nSPS) is 10.2. The first-order valence-electron chi connectivity index (χ1n) is 6.39. The predicted molar refractivity (Wildman–Crippen MR) is 86.8 cm³/mol. The van der Waals surface area contributed by atoms with Gasteiger partial charge >= 0.3 is 0 Å². The molecule has 0 aliphatic heterocycles. The molecule has 3 aromatic rings. The molecule has 5 nitrogen and oxygen atoms in total. The van der Waals surface area contributed by atoms with Crippen molar-refractivity contribution in [3.63, 3.8) is 0 Å². The SMILES string of the molecule is O=C(NNC(=O)c1cccs1)c1csc(-c2ccccc2)n1. The molecule has 3 rings (SSSR count). The summed E-state index contributed by atoms with van der Waals surface area (Å²) in [7, 11) is 0. The predicted octanol–water partition coefficient (Wildman–Crippen LogP) is 2.95. The summed E-state index contributed by atoms with van der Waals surface area (Å²) in [5.41, 5.74) is 5.96. The lowest BCUT2D eigenvalue weighted by Gasteiger charge is -2.03. The molecule has 0 radical (unpaired) electrons. The fraction of sp³-hybridized carbons (Fsp3) is 0. The molecule has 2 aromatic heterocycles. The second kappa shape index (κ2) is 6.50. The van der Waals surface area contributed by atoms with Crippen LogP contribution in [-0.2, 0) is 0 Å². The summed E-state index contributed by atoms with van der Waals surface area (Å²) in [6.45, 7) is 0. The summed E-state index contributed by atoms with van der Waals surface area (Å²) >= 11 is 2.68. The Morgan fingerprint density at radius 3 is 2.41 bits per heavy atom. The van der Waals surface area contributed by atoms with Crippen molar-refractivity contribution < 1.29 is 9.59 Å². The number of rotatable bonds is 3. The monoisotopic (exact) mass is 329 g/mol. The van der Waals surface area contributed by atoms with E-state index < -0.39 is 5.91 Å². The van der Waals surface area contributed by atoms with Crippen LogP contribution in [0.5, 0.6) is 0 Å². The number of thiophene rings is 1. The van der Waals surface area contributed by atoms with Crippen LogP contribution in [0.3, 0.4) is 0 Å². The first kappa shape index (κ1) is 14.4. The number of hydrogen-bond donors (Lipinski definition) is 2. The minimum absolute atomic E-state index is 0.273. The van der Waals surface area contributed by atoms with Gasteiger partial charge in [-0.2, -0.15) is 0 Å².